The Bertz CT molecular complexity index is 408. The van der Waals surface area contributed by atoms with Crippen molar-refractivity contribution in [3.8, 4) is 0 Å². The molecule has 2 aromatic rings. The van der Waals surface area contributed by atoms with Crippen LogP contribution in [0.15, 0.2) is 60.7 Å². The molecule has 2 aromatic carbocycles. The van der Waals surface area contributed by atoms with Crippen molar-refractivity contribution in [3.05, 3.63) is 85.1 Å². The van der Waals surface area contributed by atoms with Crippen molar-refractivity contribution < 1.29 is 0 Å². The van der Waals surface area contributed by atoms with E-state index < -0.39 is 0 Å². The van der Waals surface area contributed by atoms with E-state index in [1.807, 2.05) is 12.1 Å². The van der Waals surface area contributed by atoms with Crippen molar-refractivity contribution >= 4 is 23.1 Å². The SMILES string of the molecule is [CH2-]C(C[CH-]c1ccccc1)c1ccccc1.[Mg+2]. The zero-order valence-electron chi connectivity index (χ0n) is 10.0. The van der Waals surface area contributed by atoms with Crippen molar-refractivity contribution in [2.75, 3.05) is 0 Å². The summed E-state index contributed by atoms with van der Waals surface area (Å²) in [6.07, 6.45) is 3.22. The molecule has 17 heavy (non-hydrogen) atoms. The van der Waals surface area contributed by atoms with Gasteiger partial charge in [0.1, 0.15) is 0 Å². The van der Waals surface area contributed by atoms with Crippen LogP contribution in [-0.4, -0.2) is 23.1 Å². The largest absolute Gasteiger partial charge is 2.00 e. The van der Waals surface area contributed by atoms with Gasteiger partial charge in [-0.3, -0.25) is 0 Å². The molecule has 0 aliphatic heterocycles. The van der Waals surface area contributed by atoms with E-state index in [1.165, 1.54) is 11.1 Å². The Morgan fingerprint density at radius 1 is 0.882 bits per heavy atom. The summed E-state index contributed by atoms with van der Waals surface area (Å²) in [7, 11) is 0. The van der Waals surface area contributed by atoms with E-state index >= 15 is 0 Å². The van der Waals surface area contributed by atoms with E-state index in [2.05, 4.69) is 61.9 Å². The molecule has 0 radical (unpaired) electrons. The van der Waals surface area contributed by atoms with Crippen LogP contribution in [0.25, 0.3) is 0 Å². The molecule has 0 heterocycles. The summed E-state index contributed by atoms with van der Waals surface area (Å²) in [5, 5.41) is 0. The second-order valence-corrected chi connectivity index (χ2v) is 3.96. The maximum Gasteiger partial charge on any atom is 2.00 e. The molecule has 0 bridgehead atoms. The van der Waals surface area contributed by atoms with Crippen molar-refractivity contribution in [3.63, 3.8) is 0 Å². The molecule has 0 saturated heterocycles. The number of hydrogen-bond donors (Lipinski definition) is 0. The molecular weight excluding hydrogens is 216 g/mol. The average Bonchev–Trinajstić information content (AvgIpc) is 2.38. The average molecular weight is 233 g/mol. The van der Waals surface area contributed by atoms with Gasteiger partial charge in [0.15, 0.2) is 0 Å². The number of benzene rings is 2. The van der Waals surface area contributed by atoms with Crippen LogP contribution in [0, 0.1) is 13.3 Å². The van der Waals surface area contributed by atoms with Crippen LogP contribution in [0.1, 0.15) is 23.5 Å². The Labute approximate surface area is 120 Å². The molecule has 82 valence electrons. The fraction of sp³-hybridized carbons (Fsp3) is 0.125. The van der Waals surface area contributed by atoms with Crippen LogP contribution in [0.5, 0.6) is 0 Å². The minimum atomic E-state index is 0. The van der Waals surface area contributed by atoms with Crippen LogP contribution < -0.4 is 0 Å². The van der Waals surface area contributed by atoms with Crippen molar-refractivity contribution in [1.29, 1.82) is 0 Å². The smallest absolute Gasteiger partial charge is 0.337 e. The monoisotopic (exact) mass is 232 g/mol. The summed E-state index contributed by atoms with van der Waals surface area (Å²) in [4.78, 5) is 0. The van der Waals surface area contributed by atoms with Crippen LogP contribution in [0.2, 0.25) is 0 Å². The molecule has 0 nitrogen and oxygen atoms in total. The molecule has 1 unspecified atom stereocenters. The molecule has 2 rings (SSSR count). The molecule has 0 aliphatic carbocycles. The predicted octanol–water partition coefficient (Wildman–Crippen LogP) is 3.87. The van der Waals surface area contributed by atoms with Gasteiger partial charge < -0.3 is 6.92 Å². The number of hydrogen-bond acceptors (Lipinski definition) is 0. The third kappa shape index (κ3) is 4.45. The molecule has 0 fully saturated rings. The quantitative estimate of drug-likeness (QED) is 0.555. The van der Waals surface area contributed by atoms with E-state index in [0.29, 0.717) is 5.92 Å². The van der Waals surface area contributed by atoms with Gasteiger partial charge in [0, 0.05) is 0 Å². The minimum absolute atomic E-state index is 0. The summed E-state index contributed by atoms with van der Waals surface area (Å²) >= 11 is 0. The van der Waals surface area contributed by atoms with Crippen LogP contribution in [0.4, 0.5) is 0 Å². The van der Waals surface area contributed by atoms with E-state index in [1.54, 1.807) is 0 Å². The Balaban J connectivity index is 0.00000144. The maximum absolute atomic E-state index is 4.19. The van der Waals surface area contributed by atoms with Gasteiger partial charge in [-0.05, 0) is 0 Å². The summed E-state index contributed by atoms with van der Waals surface area (Å²) in [5.41, 5.74) is 2.57. The van der Waals surface area contributed by atoms with Crippen molar-refractivity contribution in [1.82, 2.24) is 0 Å². The van der Waals surface area contributed by atoms with Gasteiger partial charge in [0.05, 0.1) is 0 Å². The van der Waals surface area contributed by atoms with Gasteiger partial charge in [-0.25, -0.2) is 0 Å². The Kier molecular flexibility index (Phi) is 6.16. The minimum Gasteiger partial charge on any atom is -0.337 e. The molecule has 0 spiro atoms. The standard InChI is InChI=1S/C16H16.Mg/c1-14(16-10-6-3-7-11-16)12-13-15-8-4-2-5-9-15;/h2-11,13-14H,1,12H2;/q-2;+2. The van der Waals surface area contributed by atoms with Crippen molar-refractivity contribution in [2.45, 2.75) is 12.3 Å². The molecule has 0 aromatic heterocycles. The topological polar surface area (TPSA) is 0 Å². The summed E-state index contributed by atoms with van der Waals surface area (Å²) in [6.45, 7) is 4.19. The Morgan fingerprint density at radius 2 is 1.41 bits per heavy atom. The first-order valence-electron chi connectivity index (χ1n) is 5.62. The van der Waals surface area contributed by atoms with E-state index in [9.17, 15) is 0 Å². The Hall–Kier alpha value is -0.924. The summed E-state index contributed by atoms with van der Waals surface area (Å²) in [5.74, 6) is 0.335. The number of rotatable bonds is 4. The van der Waals surface area contributed by atoms with Crippen LogP contribution in [0.3, 0.4) is 0 Å². The molecule has 0 N–H and O–H groups in total. The first kappa shape index (κ1) is 14.1. The van der Waals surface area contributed by atoms with Gasteiger partial charge in [-0.15, -0.1) is 18.6 Å². The second kappa shape index (κ2) is 7.41. The fourth-order valence-electron chi connectivity index (χ4n) is 1.73. The summed E-state index contributed by atoms with van der Waals surface area (Å²) < 4.78 is 0. The van der Waals surface area contributed by atoms with Crippen LogP contribution >= 0.6 is 0 Å². The zero-order chi connectivity index (χ0) is 11.2. The third-order valence-electron chi connectivity index (χ3n) is 2.71. The summed E-state index contributed by atoms with van der Waals surface area (Å²) in [6, 6.07) is 20.8. The van der Waals surface area contributed by atoms with Gasteiger partial charge in [-0.1, -0.05) is 42.0 Å². The third-order valence-corrected chi connectivity index (χ3v) is 2.71. The van der Waals surface area contributed by atoms with E-state index in [-0.39, 0.29) is 23.1 Å². The molecule has 0 saturated carbocycles. The first-order chi connectivity index (χ1) is 7.86. The maximum atomic E-state index is 4.19. The fourth-order valence-corrected chi connectivity index (χ4v) is 1.73. The normalized spacial score (nSPS) is 11.4. The predicted molar refractivity (Wildman–Crippen MR) is 74.8 cm³/mol. The Morgan fingerprint density at radius 3 is 2.00 bits per heavy atom. The van der Waals surface area contributed by atoms with Crippen LogP contribution in [-0.2, 0) is 0 Å². The molecular formula is C16H16Mg. The molecule has 1 atom stereocenters. The first-order valence-corrected chi connectivity index (χ1v) is 5.62. The van der Waals surface area contributed by atoms with E-state index in [4.69, 9.17) is 0 Å². The van der Waals surface area contributed by atoms with E-state index in [0.717, 1.165) is 6.42 Å². The van der Waals surface area contributed by atoms with Gasteiger partial charge in [0.25, 0.3) is 0 Å². The molecule has 0 amide bonds. The second-order valence-electron chi connectivity index (χ2n) is 3.96. The van der Waals surface area contributed by atoms with Gasteiger partial charge in [-0.2, -0.15) is 30.0 Å². The molecule has 1 heteroatoms. The van der Waals surface area contributed by atoms with Gasteiger partial charge >= 0.3 is 23.1 Å². The molecule has 0 aliphatic rings. The zero-order valence-corrected chi connectivity index (χ0v) is 11.5. The van der Waals surface area contributed by atoms with Gasteiger partial charge in [0.2, 0.25) is 0 Å². The van der Waals surface area contributed by atoms with Crippen molar-refractivity contribution in [2.24, 2.45) is 0 Å².